The first-order valence-electron chi connectivity index (χ1n) is 16.9. The van der Waals surface area contributed by atoms with E-state index in [4.69, 9.17) is 19.4 Å². The highest BCUT2D eigenvalue weighted by Gasteiger charge is 2.20. The lowest BCUT2D eigenvalue weighted by atomic mass is 10.0. The second-order valence-electron chi connectivity index (χ2n) is 12.8. The SMILES string of the molecule is c1ccc(-c2nc(-c3ccccc3)nc(-c3cccc4oc5cc(-n6c7ccccc7c7cc8c(cc76)sc6ccccc68)ccc5c34)n2)cc1. The molecule has 0 aliphatic heterocycles. The maximum Gasteiger partial charge on any atom is 0.164 e. The molecule has 0 N–H and O–H groups in total. The predicted molar refractivity (Wildman–Crippen MR) is 211 cm³/mol. The minimum Gasteiger partial charge on any atom is -0.456 e. The highest BCUT2D eigenvalue weighted by molar-refractivity contribution is 7.25. The Bertz CT molecular complexity index is 3080. The number of furan rings is 1. The molecular formula is C45H26N4OS. The fourth-order valence-corrected chi connectivity index (χ4v) is 8.66. The fourth-order valence-electron chi connectivity index (χ4n) is 7.53. The summed E-state index contributed by atoms with van der Waals surface area (Å²) in [5.41, 5.74) is 7.77. The van der Waals surface area contributed by atoms with Crippen LogP contribution in [0.4, 0.5) is 0 Å². The van der Waals surface area contributed by atoms with Crippen LogP contribution >= 0.6 is 11.3 Å². The van der Waals surface area contributed by atoms with Gasteiger partial charge in [-0.2, -0.15) is 0 Å². The Labute approximate surface area is 295 Å². The molecule has 0 unspecified atom stereocenters. The quantitative estimate of drug-likeness (QED) is 0.187. The van der Waals surface area contributed by atoms with E-state index in [2.05, 4.69) is 89.5 Å². The van der Waals surface area contributed by atoms with Crippen molar-refractivity contribution in [2.75, 3.05) is 0 Å². The molecule has 0 atom stereocenters. The number of hydrogen-bond donors (Lipinski definition) is 0. The molecule has 0 radical (unpaired) electrons. The summed E-state index contributed by atoms with van der Waals surface area (Å²) in [7, 11) is 0. The summed E-state index contributed by atoms with van der Waals surface area (Å²) in [5, 5.41) is 7.08. The van der Waals surface area contributed by atoms with Crippen LogP contribution in [0.1, 0.15) is 0 Å². The van der Waals surface area contributed by atoms with Gasteiger partial charge in [0.1, 0.15) is 11.2 Å². The Morgan fingerprint density at radius 2 is 1.12 bits per heavy atom. The average molecular weight is 671 g/mol. The highest BCUT2D eigenvalue weighted by Crippen LogP contribution is 2.42. The van der Waals surface area contributed by atoms with Gasteiger partial charge in [0.2, 0.25) is 0 Å². The monoisotopic (exact) mass is 670 g/mol. The molecule has 51 heavy (non-hydrogen) atoms. The van der Waals surface area contributed by atoms with Gasteiger partial charge in [-0.15, -0.1) is 11.3 Å². The number of thiophene rings is 1. The summed E-state index contributed by atoms with van der Waals surface area (Å²) >= 11 is 1.85. The molecule has 6 heteroatoms. The number of rotatable bonds is 4. The van der Waals surface area contributed by atoms with E-state index in [1.165, 1.54) is 36.5 Å². The van der Waals surface area contributed by atoms with Gasteiger partial charge in [-0.05, 0) is 42.5 Å². The van der Waals surface area contributed by atoms with Crippen molar-refractivity contribution >= 4 is 75.3 Å². The molecule has 0 saturated heterocycles. The van der Waals surface area contributed by atoms with Crippen molar-refractivity contribution in [3.63, 3.8) is 0 Å². The van der Waals surface area contributed by atoms with Crippen LogP contribution in [0.25, 0.3) is 104 Å². The second-order valence-corrected chi connectivity index (χ2v) is 13.9. The number of hydrogen-bond acceptors (Lipinski definition) is 5. The van der Waals surface area contributed by atoms with E-state index >= 15 is 0 Å². The first-order chi connectivity index (χ1) is 25.3. The molecule has 238 valence electrons. The summed E-state index contributed by atoms with van der Waals surface area (Å²) in [6.45, 7) is 0. The van der Waals surface area contributed by atoms with Crippen molar-refractivity contribution < 1.29 is 4.42 Å². The minimum atomic E-state index is 0.606. The van der Waals surface area contributed by atoms with Gasteiger partial charge in [0.15, 0.2) is 17.5 Å². The molecular weight excluding hydrogens is 645 g/mol. The van der Waals surface area contributed by atoms with Gasteiger partial charge in [-0.3, -0.25) is 0 Å². The Morgan fingerprint density at radius 3 is 1.90 bits per heavy atom. The van der Waals surface area contributed by atoms with E-state index < -0.39 is 0 Å². The molecule has 0 fully saturated rings. The van der Waals surface area contributed by atoms with Crippen LogP contribution in [0.5, 0.6) is 0 Å². The number of benzene rings is 7. The fraction of sp³-hybridized carbons (Fsp3) is 0. The smallest absolute Gasteiger partial charge is 0.164 e. The second kappa shape index (κ2) is 10.9. The Balaban J connectivity index is 1.12. The topological polar surface area (TPSA) is 56.7 Å². The number of fused-ring (bicyclic) bond motifs is 9. The van der Waals surface area contributed by atoms with E-state index in [0.29, 0.717) is 17.5 Å². The third kappa shape index (κ3) is 4.37. The van der Waals surface area contributed by atoms with Crippen molar-refractivity contribution in [2.24, 2.45) is 0 Å². The highest BCUT2D eigenvalue weighted by atomic mass is 32.1. The molecule has 0 aliphatic carbocycles. The maximum absolute atomic E-state index is 6.63. The Hall–Kier alpha value is -6.63. The lowest BCUT2D eigenvalue weighted by Crippen LogP contribution is -2.00. The van der Waals surface area contributed by atoms with Gasteiger partial charge in [0, 0.05) is 70.2 Å². The average Bonchev–Trinajstić information content (AvgIpc) is 3.86. The van der Waals surface area contributed by atoms with Crippen molar-refractivity contribution in [2.45, 2.75) is 0 Å². The normalized spacial score (nSPS) is 11.9. The van der Waals surface area contributed by atoms with Crippen LogP contribution in [-0.4, -0.2) is 19.5 Å². The van der Waals surface area contributed by atoms with Crippen molar-refractivity contribution in [1.29, 1.82) is 0 Å². The van der Waals surface area contributed by atoms with Crippen LogP contribution in [0, 0.1) is 0 Å². The van der Waals surface area contributed by atoms with E-state index in [-0.39, 0.29) is 0 Å². The van der Waals surface area contributed by atoms with E-state index in [9.17, 15) is 0 Å². The summed E-state index contributed by atoms with van der Waals surface area (Å²) in [6, 6.07) is 54.9. The standard InChI is InChI=1S/C45H26N4OS/c1-3-12-27(13-4-1)43-46-44(28-14-5-2-6-15-28)48-45(47-43)33-18-11-20-38-42(33)32-23-22-29(24-39(32)50-38)49-36-19-9-7-16-30(36)34-25-35-31-17-8-10-21-40(31)51-41(35)26-37(34)49/h1-26H. The summed E-state index contributed by atoms with van der Waals surface area (Å²) < 4.78 is 11.6. The van der Waals surface area contributed by atoms with Crippen molar-refractivity contribution in [3.05, 3.63) is 158 Å². The molecule has 11 rings (SSSR count). The minimum absolute atomic E-state index is 0.606. The molecule has 4 aromatic heterocycles. The van der Waals surface area contributed by atoms with Gasteiger partial charge in [0.05, 0.1) is 11.0 Å². The molecule has 4 heterocycles. The van der Waals surface area contributed by atoms with E-state index in [1.54, 1.807) is 0 Å². The third-order valence-corrected chi connectivity index (χ3v) is 11.0. The zero-order valence-corrected chi connectivity index (χ0v) is 27.9. The van der Waals surface area contributed by atoms with Gasteiger partial charge >= 0.3 is 0 Å². The zero-order chi connectivity index (χ0) is 33.5. The van der Waals surface area contributed by atoms with Gasteiger partial charge in [0.25, 0.3) is 0 Å². The van der Waals surface area contributed by atoms with Gasteiger partial charge in [-0.1, -0.05) is 109 Å². The predicted octanol–water partition coefficient (Wildman–Crippen LogP) is 12.2. The van der Waals surface area contributed by atoms with Crippen LogP contribution in [0.2, 0.25) is 0 Å². The first kappa shape index (κ1) is 28.2. The molecule has 0 saturated carbocycles. The molecule has 0 spiro atoms. The van der Waals surface area contributed by atoms with Crippen LogP contribution < -0.4 is 0 Å². The van der Waals surface area contributed by atoms with Crippen molar-refractivity contribution in [1.82, 2.24) is 19.5 Å². The number of nitrogens with zero attached hydrogens (tertiary/aromatic N) is 4. The van der Waals surface area contributed by atoms with E-state index in [0.717, 1.165) is 49.8 Å². The lowest BCUT2D eigenvalue weighted by Gasteiger charge is -2.09. The summed E-state index contributed by atoms with van der Waals surface area (Å²) in [6.07, 6.45) is 0. The van der Waals surface area contributed by atoms with Crippen LogP contribution in [0.15, 0.2) is 162 Å². The summed E-state index contributed by atoms with van der Waals surface area (Å²) in [5.74, 6) is 1.87. The molecule has 0 bridgehead atoms. The Morgan fingerprint density at radius 1 is 0.431 bits per heavy atom. The van der Waals surface area contributed by atoms with Crippen LogP contribution in [-0.2, 0) is 0 Å². The molecule has 5 nitrogen and oxygen atoms in total. The first-order valence-corrected chi connectivity index (χ1v) is 17.8. The number of para-hydroxylation sites is 1. The van der Waals surface area contributed by atoms with Crippen LogP contribution in [0.3, 0.4) is 0 Å². The molecule has 0 aliphatic rings. The van der Waals surface area contributed by atoms with Gasteiger partial charge < -0.3 is 8.98 Å². The molecule has 7 aromatic carbocycles. The van der Waals surface area contributed by atoms with Gasteiger partial charge in [-0.25, -0.2) is 15.0 Å². The maximum atomic E-state index is 6.63. The van der Waals surface area contributed by atoms with Crippen molar-refractivity contribution in [3.8, 4) is 39.9 Å². The Kier molecular flexibility index (Phi) is 6.05. The molecule has 11 aromatic rings. The number of aromatic nitrogens is 4. The summed E-state index contributed by atoms with van der Waals surface area (Å²) in [4.78, 5) is 15.0. The van der Waals surface area contributed by atoms with E-state index in [1.807, 2.05) is 84.1 Å². The molecule has 0 amide bonds. The third-order valence-electron chi connectivity index (χ3n) is 9.85. The largest absolute Gasteiger partial charge is 0.456 e. The lowest BCUT2D eigenvalue weighted by molar-refractivity contribution is 0.668. The zero-order valence-electron chi connectivity index (χ0n) is 27.1.